The summed E-state index contributed by atoms with van der Waals surface area (Å²) in [7, 11) is 0. The summed E-state index contributed by atoms with van der Waals surface area (Å²) >= 11 is 0. The standard InChI is InChI=1S/C44H60O4/c45-42(48-41-32-34-31-40(41)39-29-19-28-38(34)39)30-33-20-12-11-17-26-37(27-18-21-33)44(43(46)47,35-22-13-7-3-1-4-8-14-23-35)36-24-15-9-5-2-6-10-16-25-36/h19,22,24,27,29,32-33H,1-18,20-21,23,25-26,28,30-31H2,(H,46,47)/b35-22+,36-24+,37-27+. The molecule has 0 aromatic rings. The van der Waals surface area contributed by atoms with E-state index in [1.165, 1.54) is 84.8 Å². The van der Waals surface area contributed by atoms with Crippen molar-refractivity contribution in [1.82, 2.24) is 0 Å². The molecule has 260 valence electrons. The third kappa shape index (κ3) is 8.11. The van der Waals surface area contributed by atoms with Crippen LogP contribution in [0.2, 0.25) is 0 Å². The lowest BCUT2D eigenvalue weighted by Gasteiger charge is -2.39. The van der Waals surface area contributed by atoms with Crippen LogP contribution in [-0.2, 0) is 14.3 Å². The molecule has 4 heteroatoms. The summed E-state index contributed by atoms with van der Waals surface area (Å²) in [5.74, 6) is 0.260. The Morgan fingerprint density at radius 1 is 0.688 bits per heavy atom. The van der Waals surface area contributed by atoms with E-state index in [0.717, 1.165) is 120 Å². The van der Waals surface area contributed by atoms with Gasteiger partial charge in [0, 0.05) is 18.4 Å². The van der Waals surface area contributed by atoms with E-state index in [-0.39, 0.29) is 11.9 Å². The Morgan fingerprint density at radius 3 is 1.88 bits per heavy atom. The van der Waals surface area contributed by atoms with Crippen LogP contribution in [0.15, 0.2) is 81.2 Å². The predicted molar refractivity (Wildman–Crippen MR) is 195 cm³/mol. The molecular formula is C44H60O4. The first-order chi connectivity index (χ1) is 23.6. The second-order valence-electron chi connectivity index (χ2n) is 15.5. The Balaban J connectivity index is 1.25. The minimum Gasteiger partial charge on any atom is -0.480 e. The van der Waals surface area contributed by atoms with E-state index >= 15 is 0 Å². The molecule has 0 aliphatic heterocycles. The Hall–Kier alpha value is -2.88. The fraction of sp³-hybridized carbons (Fsp3) is 0.636. The number of esters is 1. The SMILES string of the molecule is O=C(CC1CC/C=C(/C(C(=O)O)(/C2=C/CCCCCCCC2)/C2=C/CCCCCCCC2)CCCCC1)OC1=C2CC(=C1)C1=C2C=CC1. The van der Waals surface area contributed by atoms with Crippen molar-refractivity contribution in [2.45, 2.75) is 167 Å². The molecule has 1 atom stereocenters. The third-order valence-electron chi connectivity index (χ3n) is 12.2. The lowest BCUT2D eigenvalue weighted by molar-refractivity contribution is -0.143. The quantitative estimate of drug-likeness (QED) is 0.220. The number of aliphatic carboxylic acids is 1. The van der Waals surface area contributed by atoms with Gasteiger partial charge in [0.1, 0.15) is 11.2 Å². The number of rotatable bonds is 7. The van der Waals surface area contributed by atoms with Crippen LogP contribution in [0.5, 0.6) is 0 Å². The lowest BCUT2D eigenvalue weighted by atomic mass is 9.63. The number of hydrogen-bond acceptors (Lipinski definition) is 3. The first-order valence-electron chi connectivity index (χ1n) is 19.9. The summed E-state index contributed by atoms with van der Waals surface area (Å²) < 4.78 is 6.02. The van der Waals surface area contributed by atoms with Gasteiger partial charge in [-0.05, 0) is 135 Å². The molecule has 0 fully saturated rings. The van der Waals surface area contributed by atoms with Gasteiger partial charge in [0.25, 0.3) is 0 Å². The molecule has 2 bridgehead atoms. The summed E-state index contributed by atoms with van der Waals surface area (Å²) in [5.41, 5.74) is 7.68. The van der Waals surface area contributed by atoms with Crippen LogP contribution in [0.1, 0.15) is 167 Å². The summed E-state index contributed by atoms with van der Waals surface area (Å²) in [5, 5.41) is 11.6. The van der Waals surface area contributed by atoms with E-state index in [1.807, 2.05) is 0 Å². The second-order valence-corrected chi connectivity index (χ2v) is 15.5. The molecule has 0 aromatic carbocycles. The highest BCUT2D eigenvalue weighted by Gasteiger charge is 2.47. The molecule has 0 spiro atoms. The molecule has 0 heterocycles. The number of carbonyl (C=O) groups excluding carboxylic acids is 1. The number of hydrogen-bond donors (Lipinski definition) is 1. The fourth-order valence-corrected chi connectivity index (χ4v) is 9.59. The first-order valence-corrected chi connectivity index (χ1v) is 19.9. The van der Waals surface area contributed by atoms with Gasteiger partial charge in [-0.3, -0.25) is 9.59 Å². The van der Waals surface area contributed by atoms with E-state index in [0.29, 0.717) is 6.42 Å². The third-order valence-corrected chi connectivity index (χ3v) is 12.2. The van der Waals surface area contributed by atoms with Crippen LogP contribution in [0.25, 0.3) is 0 Å². The minimum atomic E-state index is -1.02. The Labute approximate surface area is 290 Å². The largest absolute Gasteiger partial charge is 0.480 e. The van der Waals surface area contributed by atoms with Crippen molar-refractivity contribution in [1.29, 1.82) is 0 Å². The lowest BCUT2D eigenvalue weighted by Crippen LogP contribution is -2.38. The van der Waals surface area contributed by atoms with Gasteiger partial charge < -0.3 is 9.84 Å². The predicted octanol–water partition coefficient (Wildman–Crippen LogP) is 12.3. The number of ether oxygens (including phenoxy) is 1. The molecule has 0 radical (unpaired) electrons. The molecular weight excluding hydrogens is 592 g/mol. The Kier molecular flexibility index (Phi) is 12.5. The van der Waals surface area contributed by atoms with Gasteiger partial charge in [-0.2, -0.15) is 0 Å². The Morgan fingerprint density at radius 2 is 1.25 bits per heavy atom. The maximum Gasteiger partial charge on any atom is 0.322 e. The van der Waals surface area contributed by atoms with Gasteiger partial charge in [0.15, 0.2) is 0 Å². The first kappa shape index (κ1) is 35.0. The van der Waals surface area contributed by atoms with Crippen LogP contribution in [0.3, 0.4) is 0 Å². The Bertz CT molecular complexity index is 1370. The van der Waals surface area contributed by atoms with Crippen molar-refractivity contribution in [2.75, 3.05) is 0 Å². The van der Waals surface area contributed by atoms with Crippen molar-refractivity contribution < 1.29 is 19.4 Å². The van der Waals surface area contributed by atoms with Gasteiger partial charge in [0.05, 0.1) is 0 Å². The minimum absolute atomic E-state index is 0.115. The van der Waals surface area contributed by atoms with Crippen LogP contribution < -0.4 is 0 Å². The van der Waals surface area contributed by atoms with Crippen LogP contribution in [0.4, 0.5) is 0 Å². The van der Waals surface area contributed by atoms with Crippen molar-refractivity contribution in [3.63, 3.8) is 0 Å². The van der Waals surface area contributed by atoms with Crippen molar-refractivity contribution >= 4 is 11.9 Å². The average molecular weight is 653 g/mol. The average Bonchev–Trinajstić information content (AvgIpc) is 3.81. The fourth-order valence-electron chi connectivity index (χ4n) is 9.59. The zero-order chi connectivity index (χ0) is 33.2. The van der Waals surface area contributed by atoms with Gasteiger partial charge in [0.2, 0.25) is 0 Å². The van der Waals surface area contributed by atoms with Crippen molar-refractivity contribution in [3.05, 3.63) is 81.2 Å². The van der Waals surface area contributed by atoms with E-state index in [1.54, 1.807) is 0 Å². The van der Waals surface area contributed by atoms with E-state index in [4.69, 9.17) is 4.74 Å². The highest BCUT2D eigenvalue weighted by atomic mass is 16.5. The molecule has 4 nitrogen and oxygen atoms in total. The van der Waals surface area contributed by atoms with Gasteiger partial charge in [-0.1, -0.05) is 94.6 Å². The van der Waals surface area contributed by atoms with Crippen molar-refractivity contribution in [3.8, 4) is 0 Å². The molecule has 6 rings (SSSR count). The number of carboxylic acids is 1. The number of fused-ring (bicyclic) bond motifs is 4. The molecule has 0 saturated carbocycles. The van der Waals surface area contributed by atoms with Gasteiger partial charge >= 0.3 is 11.9 Å². The highest BCUT2D eigenvalue weighted by Crippen LogP contribution is 2.51. The van der Waals surface area contributed by atoms with Gasteiger partial charge in [-0.25, -0.2) is 0 Å². The summed E-state index contributed by atoms with van der Waals surface area (Å²) in [4.78, 5) is 27.4. The summed E-state index contributed by atoms with van der Waals surface area (Å²) in [6, 6.07) is 0. The second kappa shape index (κ2) is 17.2. The molecule has 0 amide bonds. The maximum atomic E-state index is 14.1. The van der Waals surface area contributed by atoms with E-state index in [9.17, 15) is 14.7 Å². The normalized spacial score (nSPS) is 28.3. The molecule has 0 saturated heterocycles. The molecule has 1 unspecified atom stereocenters. The molecule has 6 aliphatic rings. The number of carboxylic acid groups (broad SMARTS) is 1. The summed E-state index contributed by atoms with van der Waals surface area (Å²) in [6.45, 7) is 0. The number of carbonyl (C=O) groups is 2. The topological polar surface area (TPSA) is 63.6 Å². The molecule has 1 N–H and O–H groups in total. The highest BCUT2D eigenvalue weighted by molar-refractivity contribution is 5.87. The van der Waals surface area contributed by atoms with Crippen molar-refractivity contribution in [2.24, 2.45) is 11.3 Å². The number of allylic oxidation sites excluding steroid dienone is 10. The maximum absolute atomic E-state index is 14.1. The van der Waals surface area contributed by atoms with Crippen LogP contribution in [-0.4, -0.2) is 17.0 Å². The zero-order valence-corrected chi connectivity index (χ0v) is 29.6. The molecule has 0 aromatic heterocycles. The van der Waals surface area contributed by atoms with Crippen LogP contribution >= 0.6 is 0 Å². The zero-order valence-electron chi connectivity index (χ0n) is 29.6. The molecule has 48 heavy (non-hydrogen) atoms. The molecule has 6 aliphatic carbocycles. The smallest absolute Gasteiger partial charge is 0.322 e. The van der Waals surface area contributed by atoms with E-state index < -0.39 is 11.4 Å². The van der Waals surface area contributed by atoms with E-state index in [2.05, 4.69) is 36.5 Å². The monoisotopic (exact) mass is 652 g/mol. The van der Waals surface area contributed by atoms with Gasteiger partial charge in [-0.15, -0.1) is 0 Å². The summed E-state index contributed by atoms with van der Waals surface area (Å²) in [6.07, 6.45) is 40.9. The van der Waals surface area contributed by atoms with Crippen LogP contribution in [0, 0.1) is 11.3 Å².